The van der Waals surface area contributed by atoms with Crippen molar-refractivity contribution in [3.8, 4) is 11.3 Å². The van der Waals surface area contributed by atoms with Gasteiger partial charge in [0.1, 0.15) is 22.1 Å². The zero-order valence-corrected chi connectivity index (χ0v) is 18.3. The maximum absolute atomic E-state index is 13.3. The van der Waals surface area contributed by atoms with Crippen molar-refractivity contribution in [2.45, 2.75) is 25.8 Å². The largest absolute Gasteiger partial charge is 0.325 e. The van der Waals surface area contributed by atoms with Crippen molar-refractivity contribution < 1.29 is 9.18 Å². The molecule has 0 aliphatic carbocycles. The number of aryl methyl sites for hydroxylation is 3. The molecule has 4 rings (SSSR count). The van der Waals surface area contributed by atoms with Crippen LogP contribution in [0.3, 0.4) is 0 Å². The summed E-state index contributed by atoms with van der Waals surface area (Å²) in [6.45, 7) is 5.91. The highest BCUT2D eigenvalue weighted by molar-refractivity contribution is 8.00. The van der Waals surface area contributed by atoms with Crippen LogP contribution in [0.1, 0.15) is 16.1 Å². The van der Waals surface area contributed by atoms with E-state index in [4.69, 9.17) is 0 Å². The number of anilines is 1. The third-order valence-corrected chi connectivity index (χ3v) is 6.29. The number of thiazole rings is 1. The molecule has 0 atom stereocenters. The summed E-state index contributed by atoms with van der Waals surface area (Å²) < 4.78 is 14.2. The van der Waals surface area contributed by atoms with E-state index >= 15 is 0 Å². The third kappa shape index (κ3) is 4.49. The van der Waals surface area contributed by atoms with Gasteiger partial charge in [0, 0.05) is 11.3 Å². The number of benzene rings is 2. The minimum Gasteiger partial charge on any atom is -0.325 e. The minimum atomic E-state index is -0.301. The van der Waals surface area contributed by atoms with Gasteiger partial charge in [-0.2, -0.15) is 0 Å². The number of fused-ring (bicyclic) bond motifs is 1. The number of carbonyl (C=O) groups excluding carboxylic acids is 1. The predicted molar refractivity (Wildman–Crippen MR) is 121 cm³/mol. The van der Waals surface area contributed by atoms with Gasteiger partial charge < -0.3 is 5.32 Å². The fraction of sp³-hybridized carbons (Fsp3) is 0.182. The first kappa shape index (κ1) is 20.4. The lowest BCUT2D eigenvalue weighted by atomic mass is 10.1. The molecule has 5 nitrogen and oxygen atoms in total. The van der Waals surface area contributed by atoms with Crippen LogP contribution in [0.4, 0.5) is 10.1 Å². The lowest BCUT2D eigenvalue weighted by Crippen LogP contribution is -2.14. The second-order valence-electron chi connectivity index (χ2n) is 6.98. The normalized spacial score (nSPS) is 11.1. The maximum atomic E-state index is 13.3. The molecule has 8 heteroatoms. The molecule has 0 radical (unpaired) electrons. The predicted octanol–water partition coefficient (Wildman–Crippen LogP) is 5.55. The monoisotopic (exact) mass is 438 g/mol. The number of halogens is 1. The lowest BCUT2D eigenvalue weighted by molar-refractivity contribution is -0.113. The van der Waals surface area contributed by atoms with Gasteiger partial charge in [0.05, 0.1) is 15.5 Å². The SMILES string of the molecule is Cc1cc(C)cc(NC(=O)CSc2nnc(-c3ccc(F)cc3)c3sc(C)nc23)c1. The minimum absolute atomic E-state index is 0.116. The zero-order chi connectivity index (χ0) is 21.3. The number of carbonyl (C=O) groups is 1. The average molecular weight is 439 g/mol. The summed E-state index contributed by atoms with van der Waals surface area (Å²) >= 11 is 2.81. The van der Waals surface area contributed by atoms with Gasteiger partial charge in [-0.25, -0.2) is 9.37 Å². The van der Waals surface area contributed by atoms with Crippen molar-refractivity contribution in [2.75, 3.05) is 11.1 Å². The van der Waals surface area contributed by atoms with E-state index in [1.54, 1.807) is 12.1 Å². The van der Waals surface area contributed by atoms with E-state index in [0.717, 1.165) is 37.6 Å². The molecule has 2 heterocycles. The molecule has 0 spiro atoms. The van der Waals surface area contributed by atoms with Crippen LogP contribution in [0.5, 0.6) is 0 Å². The molecule has 0 unspecified atom stereocenters. The van der Waals surface area contributed by atoms with Crippen LogP contribution in [0.25, 0.3) is 21.5 Å². The highest BCUT2D eigenvalue weighted by Gasteiger charge is 2.17. The Kier molecular flexibility index (Phi) is 5.78. The van der Waals surface area contributed by atoms with E-state index < -0.39 is 0 Å². The Morgan fingerprint density at radius 1 is 1.07 bits per heavy atom. The van der Waals surface area contributed by atoms with E-state index in [2.05, 4.69) is 26.6 Å². The van der Waals surface area contributed by atoms with Crippen molar-refractivity contribution in [3.05, 3.63) is 64.4 Å². The smallest absolute Gasteiger partial charge is 0.234 e. The summed E-state index contributed by atoms with van der Waals surface area (Å²) in [4.78, 5) is 17.0. The van der Waals surface area contributed by atoms with Gasteiger partial charge in [0.15, 0.2) is 0 Å². The van der Waals surface area contributed by atoms with Crippen molar-refractivity contribution >= 4 is 44.9 Å². The summed E-state index contributed by atoms with van der Waals surface area (Å²) in [6, 6.07) is 12.1. The molecule has 2 aromatic heterocycles. The van der Waals surface area contributed by atoms with Gasteiger partial charge in [-0.05, 0) is 68.3 Å². The Labute approximate surface area is 181 Å². The first-order chi connectivity index (χ1) is 14.4. The molecule has 0 aliphatic heterocycles. The fourth-order valence-corrected chi connectivity index (χ4v) is 4.91. The van der Waals surface area contributed by atoms with E-state index in [1.165, 1.54) is 35.2 Å². The van der Waals surface area contributed by atoms with Crippen LogP contribution < -0.4 is 5.32 Å². The Balaban J connectivity index is 1.55. The second kappa shape index (κ2) is 8.49. The van der Waals surface area contributed by atoms with Crippen molar-refractivity contribution in [2.24, 2.45) is 0 Å². The number of rotatable bonds is 5. The molecule has 30 heavy (non-hydrogen) atoms. The summed E-state index contributed by atoms with van der Waals surface area (Å²) in [6.07, 6.45) is 0. The first-order valence-corrected chi connectivity index (χ1v) is 11.1. The molecular formula is C22H19FN4OS2. The quantitative estimate of drug-likeness (QED) is 0.414. The second-order valence-corrected chi connectivity index (χ2v) is 9.15. The van der Waals surface area contributed by atoms with E-state index in [9.17, 15) is 9.18 Å². The molecule has 4 aromatic rings. The van der Waals surface area contributed by atoms with Gasteiger partial charge in [0.25, 0.3) is 0 Å². The van der Waals surface area contributed by atoms with Gasteiger partial charge >= 0.3 is 0 Å². The Morgan fingerprint density at radius 3 is 2.47 bits per heavy atom. The molecular weight excluding hydrogens is 419 g/mol. The standard InChI is InChI=1S/C22H19FN4OS2/c1-12-8-13(2)10-17(9-12)25-18(28)11-29-22-20-21(30-14(3)24-20)19(26-27-22)15-4-6-16(23)7-5-15/h4-10H,11H2,1-3H3,(H,25,28). The number of nitrogens with one attached hydrogen (secondary N) is 1. The number of nitrogens with zero attached hydrogens (tertiary/aromatic N) is 3. The summed E-state index contributed by atoms with van der Waals surface area (Å²) in [5, 5.41) is 13.1. The first-order valence-electron chi connectivity index (χ1n) is 9.30. The number of hydrogen-bond acceptors (Lipinski definition) is 6. The number of thioether (sulfide) groups is 1. The summed E-state index contributed by atoms with van der Waals surface area (Å²) in [7, 11) is 0. The van der Waals surface area contributed by atoms with Gasteiger partial charge in [-0.15, -0.1) is 21.5 Å². The Bertz CT molecular complexity index is 1220. The number of aromatic nitrogens is 3. The van der Waals surface area contributed by atoms with Gasteiger partial charge in [0.2, 0.25) is 5.91 Å². The molecule has 0 saturated heterocycles. The van der Waals surface area contributed by atoms with Gasteiger partial charge in [-0.1, -0.05) is 17.8 Å². The van der Waals surface area contributed by atoms with E-state index in [0.29, 0.717) is 10.7 Å². The highest BCUT2D eigenvalue weighted by atomic mass is 32.2. The topological polar surface area (TPSA) is 67.8 Å². The molecule has 0 bridgehead atoms. The zero-order valence-electron chi connectivity index (χ0n) is 16.7. The average Bonchev–Trinajstić information content (AvgIpc) is 3.07. The number of amides is 1. The van der Waals surface area contributed by atoms with Crippen LogP contribution in [-0.2, 0) is 4.79 Å². The van der Waals surface area contributed by atoms with Crippen LogP contribution in [0.2, 0.25) is 0 Å². The van der Waals surface area contributed by atoms with E-state index in [-0.39, 0.29) is 17.5 Å². The van der Waals surface area contributed by atoms with Crippen molar-refractivity contribution in [1.82, 2.24) is 15.2 Å². The summed E-state index contributed by atoms with van der Waals surface area (Å²) in [5.41, 5.74) is 5.14. The number of hydrogen-bond donors (Lipinski definition) is 1. The molecule has 1 N–H and O–H groups in total. The lowest BCUT2D eigenvalue weighted by Gasteiger charge is -2.08. The van der Waals surface area contributed by atoms with Crippen LogP contribution >= 0.6 is 23.1 Å². The van der Waals surface area contributed by atoms with Crippen molar-refractivity contribution in [3.63, 3.8) is 0 Å². The van der Waals surface area contributed by atoms with Crippen LogP contribution in [-0.4, -0.2) is 26.8 Å². The van der Waals surface area contributed by atoms with Crippen LogP contribution in [0, 0.1) is 26.6 Å². The molecule has 0 fully saturated rings. The molecule has 0 aliphatic rings. The molecule has 1 amide bonds. The van der Waals surface area contributed by atoms with E-state index in [1.807, 2.05) is 32.9 Å². The fourth-order valence-electron chi connectivity index (χ4n) is 3.19. The van der Waals surface area contributed by atoms with Crippen molar-refractivity contribution in [1.29, 1.82) is 0 Å². The Morgan fingerprint density at radius 2 is 1.77 bits per heavy atom. The van der Waals surface area contributed by atoms with Gasteiger partial charge in [-0.3, -0.25) is 4.79 Å². The summed E-state index contributed by atoms with van der Waals surface area (Å²) in [5.74, 6) is -0.219. The maximum Gasteiger partial charge on any atom is 0.234 e. The molecule has 0 saturated carbocycles. The highest BCUT2D eigenvalue weighted by Crippen LogP contribution is 2.35. The van der Waals surface area contributed by atoms with Crippen LogP contribution in [0.15, 0.2) is 47.5 Å². The Hall–Kier alpha value is -2.84. The molecule has 152 valence electrons. The molecule has 2 aromatic carbocycles. The third-order valence-electron chi connectivity index (χ3n) is 4.36.